The monoisotopic (exact) mass is 358 g/mol. The Hall–Kier alpha value is -3.55. The SMILES string of the molecule is COC(=O)/C=C(/Nc1cc(NC(=O)c2ccco2)ccc1C)C(=O)OC. The summed E-state index contributed by atoms with van der Waals surface area (Å²) in [6.45, 7) is 1.80. The van der Waals surface area contributed by atoms with Crippen molar-refractivity contribution in [1.82, 2.24) is 0 Å². The van der Waals surface area contributed by atoms with Gasteiger partial charge >= 0.3 is 11.9 Å². The van der Waals surface area contributed by atoms with Crippen molar-refractivity contribution >= 4 is 29.2 Å². The topological polar surface area (TPSA) is 107 Å². The van der Waals surface area contributed by atoms with Gasteiger partial charge in [0, 0.05) is 11.4 Å². The van der Waals surface area contributed by atoms with Gasteiger partial charge in [-0.15, -0.1) is 0 Å². The van der Waals surface area contributed by atoms with E-state index in [1.165, 1.54) is 26.5 Å². The first-order valence-corrected chi connectivity index (χ1v) is 7.55. The van der Waals surface area contributed by atoms with E-state index in [0.717, 1.165) is 11.6 Å². The fourth-order valence-electron chi connectivity index (χ4n) is 2.01. The number of aryl methyl sites for hydroxylation is 1. The number of carbonyl (C=O) groups excluding carboxylic acids is 3. The summed E-state index contributed by atoms with van der Waals surface area (Å²) in [6, 6.07) is 8.20. The Bertz CT molecular complexity index is 839. The van der Waals surface area contributed by atoms with Crippen molar-refractivity contribution in [2.45, 2.75) is 6.92 Å². The molecule has 8 nitrogen and oxygen atoms in total. The van der Waals surface area contributed by atoms with Gasteiger partial charge in [-0.2, -0.15) is 0 Å². The molecule has 2 aromatic rings. The van der Waals surface area contributed by atoms with Crippen LogP contribution in [0.5, 0.6) is 0 Å². The van der Waals surface area contributed by atoms with Crippen molar-refractivity contribution in [1.29, 1.82) is 0 Å². The van der Waals surface area contributed by atoms with E-state index in [4.69, 9.17) is 4.42 Å². The van der Waals surface area contributed by atoms with Crippen molar-refractivity contribution in [3.05, 3.63) is 59.7 Å². The van der Waals surface area contributed by atoms with Crippen molar-refractivity contribution < 1.29 is 28.3 Å². The van der Waals surface area contributed by atoms with Gasteiger partial charge in [0.05, 0.1) is 26.6 Å². The van der Waals surface area contributed by atoms with Crippen molar-refractivity contribution in [3.8, 4) is 0 Å². The highest BCUT2D eigenvalue weighted by Crippen LogP contribution is 2.23. The smallest absolute Gasteiger partial charge is 0.354 e. The van der Waals surface area contributed by atoms with Gasteiger partial charge in [0.15, 0.2) is 5.76 Å². The minimum atomic E-state index is -0.736. The lowest BCUT2D eigenvalue weighted by Crippen LogP contribution is -2.16. The van der Waals surface area contributed by atoms with Crippen molar-refractivity contribution in [2.24, 2.45) is 0 Å². The molecule has 8 heteroatoms. The third kappa shape index (κ3) is 4.73. The molecule has 1 amide bonds. The number of benzene rings is 1. The lowest BCUT2D eigenvalue weighted by Gasteiger charge is -2.13. The molecule has 0 saturated heterocycles. The van der Waals surface area contributed by atoms with Crippen LogP contribution in [0.4, 0.5) is 11.4 Å². The maximum Gasteiger partial charge on any atom is 0.354 e. The average Bonchev–Trinajstić information content (AvgIpc) is 3.17. The molecule has 1 aromatic carbocycles. The fourth-order valence-corrected chi connectivity index (χ4v) is 2.01. The minimum absolute atomic E-state index is 0.100. The molecule has 0 bridgehead atoms. The number of anilines is 2. The first kappa shape index (κ1) is 18.8. The first-order chi connectivity index (χ1) is 12.4. The van der Waals surface area contributed by atoms with Crippen LogP contribution < -0.4 is 10.6 Å². The van der Waals surface area contributed by atoms with E-state index in [2.05, 4.69) is 20.1 Å². The maximum absolute atomic E-state index is 12.1. The van der Waals surface area contributed by atoms with E-state index in [9.17, 15) is 14.4 Å². The largest absolute Gasteiger partial charge is 0.466 e. The van der Waals surface area contributed by atoms with Crippen LogP contribution in [0.2, 0.25) is 0 Å². The van der Waals surface area contributed by atoms with Gasteiger partial charge in [-0.3, -0.25) is 4.79 Å². The number of esters is 2. The van der Waals surface area contributed by atoms with E-state index in [1.807, 2.05) is 0 Å². The Kier molecular flexibility index (Phi) is 6.15. The highest BCUT2D eigenvalue weighted by molar-refractivity contribution is 6.03. The Morgan fingerprint density at radius 2 is 1.85 bits per heavy atom. The first-order valence-electron chi connectivity index (χ1n) is 7.55. The molecule has 0 fully saturated rings. The number of carbonyl (C=O) groups is 3. The molecule has 0 atom stereocenters. The van der Waals surface area contributed by atoms with Crippen LogP contribution in [-0.2, 0) is 19.1 Å². The van der Waals surface area contributed by atoms with Crippen molar-refractivity contribution in [2.75, 3.05) is 24.9 Å². The predicted molar refractivity (Wildman–Crippen MR) is 93.6 cm³/mol. The van der Waals surface area contributed by atoms with Gasteiger partial charge < -0.3 is 24.5 Å². The second-order valence-corrected chi connectivity index (χ2v) is 5.16. The average molecular weight is 358 g/mol. The molecule has 2 rings (SSSR count). The third-order valence-electron chi connectivity index (χ3n) is 3.38. The van der Waals surface area contributed by atoms with E-state index < -0.39 is 17.8 Å². The molecule has 0 saturated carbocycles. The molecule has 26 heavy (non-hydrogen) atoms. The van der Waals surface area contributed by atoms with E-state index in [1.54, 1.807) is 31.2 Å². The maximum atomic E-state index is 12.1. The van der Waals surface area contributed by atoms with Crippen LogP contribution in [0.3, 0.4) is 0 Å². The number of methoxy groups -OCH3 is 2. The summed E-state index contributed by atoms with van der Waals surface area (Å²) in [6.07, 6.45) is 2.39. The highest BCUT2D eigenvalue weighted by atomic mass is 16.5. The number of amides is 1. The van der Waals surface area contributed by atoms with Gasteiger partial charge in [0.2, 0.25) is 0 Å². The number of hydrogen-bond donors (Lipinski definition) is 2. The number of ether oxygens (including phenoxy) is 2. The Balaban J connectivity index is 2.25. The molecule has 0 unspecified atom stereocenters. The summed E-state index contributed by atoms with van der Waals surface area (Å²) in [5.41, 5.74) is 1.65. The molecule has 0 spiro atoms. The molecule has 136 valence electrons. The zero-order valence-electron chi connectivity index (χ0n) is 14.5. The quantitative estimate of drug-likeness (QED) is 0.603. The zero-order chi connectivity index (χ0) is 19.1. The predicted octanol–water partition coefficient (Wildman–Crippen LogP) is 2.48. The lowest BCUT2D eigenvalue weighted by atomic mass is 10.1. The Morgan fingerprint density at radius 3 is 2.46 bits per heavy atom. The molecule has 0 aliphatic rings. The number of nitrogens with one attached hydrogen (secondary N) is 2. The zero-order valence-corrected chi connectivity index (χ0v) is 14.5. The van der Waals surface area contributed by atoms with Crippen LogP contribution in [0.25, 0.3) is 0 Å². The Morgan fingerprint density at radius 1 is 1.08 bits per heavy atom. The molecule has 0 aliphatic heterocycles. The summed E-state index contributed by atoms with van der Waals surface area (Å²) in [5.74, 6) is -1.69. The van der Waals surface area contributed by atoms with Gasteiger partial charge in [0.25, 0.3) is 5.91 Å². The van der Waals surface area contributed by atoms with E-state index in [0.29, 0.717) is 11.4 Å². The van der Waals surface area contributed by atoms with Crippen LogP contribution in [0.15, 0.2) is 52.8 Å². The van der Waals surface area contributed by atoms with Gasteiger partial charge in [-0.1, -0.05) is 6.07 Å². The summed E-state index contributed by atoms with van der Waals surface area (Å²) >= 11 is 0. The molecule has 1 aromatic heterocycles. The fraction of sp³-hybridized carbons (Fsp3) is 0.167. The summed E-state index contributed by atoms with van der Waals surface area (Å²) in [5, 5.41) is 5.50. The second kappa shape index (κ2) is 8.52. The second-order valence-electron chi connectivity index (χ2n) is 5.16. The number of furan rings is 1. The summed E-state index contributed by atoms with van der Waals surface area (Å²) in [7, 11) is 2.39. The summed E-state index contributed by atoms with van der Waals surface area (Å²) < 4.78 is 14.2. The van der Waals surface area contributed by atoms with Crippen molar-refractivity contribution in [3.63, 3.8) is 0 Å². The molecular formula is C18H18N2O6. The van der Waals surface area contributed by atoms with Gasteiger partial charge in [-0.25, -0.2) is 9.59 Å². The Labute approximate surface area is 149 Å². The van der Waals surface area contributed by atoms with Crippen LogP contribution >= 0.6 is 0 Å². The van der Waals surface area contributed by atoms with Gasteiger partial charge in [-0.05, 0) is 36.8 Å². The number of rotatable bonds is 6. The van der Waals surface area contributed by atoms with Crippen LogP contribution in [0.1, 0.15) is 16.1 Å². The standard InChI is InChI=1S/C18H18N2O6/c1-11-6-7-12(19-17(22)15-5-4-8-26-15)9-13(11)20-14(18(23)25-3)10-16(21)24-2/h4-10,20H,1-3H3,(H,19,22)/b14-10+. The minimum Gasteiger partial charge on any atom is -0.466 e. The highest BCUT2D eigenvalue weighted by Gasteiger charge is 2.15. The molecular weight excluding hydrogens is 340 g/mol. The molecule has 0 radical (unpaired) electrons. The van der Waals surface area contributed by atoms with Crippen LogP contribution in [0, 0.1) is 6.92 Å². The third-order valence-corrected chi connectivity index (χ3v) is 3.38. The lowest BCUT2D eigenvalue weighted by molar-refractivity contribution is -0.138. The normalized spacial score (nSPS) is 10.8. The molecule has 0 aliphatic carbocycles. The molecule has 1 heterocycles. The van der Waals surface area contributed by atoms with Crippen LogP contribution in [-0.4, -0.2) is 32.1 Å². The summed E-state index contributed by atoms with van der Waals surface area (Å²) in [4.78, 5) is 35.4. The van der Waals surface area contributed by atoms with E-state index >= 15 is 0 Å². The molecule has 2 N–H and O–H groups in total. The number of hydrogen-bond acceptors (Lipinski definition) is 7. The van der Waals surface area contributed by atoms with Gasteiger partial charge in [0.1, 0.15) is 5.70 Å². The van der Waals surface area contributed by atoms with E-state index in [-0.39, 0.29) is 11.5 Å².